The quantitative estimate of drug-likeness (QED) is 0.788. The third kappa shape index (κ3) is 5.04. The van der Waals surface area contributed by atoms with Crippen LogP contribution < -0.4 is 5.32 Å². The lowest BCUT2D eigenvalue weighted by Gasteiger charge is -2.34. The van der Waals surface area contributed by atoms with Crippen molar-refractivity contribution >= 4 is 23.2 Å². The third-order valence-corrected chi connectivity index (χ3v) is 6.86. The Hall–Kier alpha value is -2.21. The molecule has 6 heteroatoms. The fourth-order valence-corrected chi connectivity index (χ4v) is 4.83. The first-order valence-electron chi connectivity index (χ1n) is 10.4. The van der Waals surface area contributed by atoms with Crippen molar-refractivity contribution in [2.24, 2.45) is 11.8 Å². The van der Waals surface area contributed by atoms with Crippen LogP contribution in [0.1, 0.15) is 54.5 Å². The number of aryl methyl sites for hydroxylation is 2. The third-order valence-electron chi connectivity index (χ3n) is 5.67. The largest absolute Gasteiger partial charge is 0.354 e. The first kappa shape index (κ1) is 21.5. The Morgan fingerprint density at radius 1 is 1.10 bits per heavy atom. The molecule has 2 heterocycles. The molecule has 2 aromatic rings. The van der Waals surface area contributed by atoms with Crippen molar-refractivity contribution in [3.05, 3.63) is 40.4 Å². The van der Waals surface area contributed by atoms with E-state index in [0.717, 1.165) is 34.0 Å². The van der Waals surface area contributed by atoms with Gasteiger partial charge < -0.3 is 10.2 Å². The Labute approximate surface area is 177 Å². The number of thiazole rings is 1. The van der Waals surface area contributed by atoms with Crippen molar-refractivity contribution < 1.29 is 9.59 Å². The Kier molecular flexibility index (Phi) is 6.73. The van der Waals surface area contributed by atoms with Gasteiger partial charge in [0.25, 0.3) is 5.91 Å². The van der Waals surface area contributed by atoms with Crippen LogP contribution >= 0.6 is 11.3 Å². The summed E-state index contributed by atoms with van der Waals surface area (Å²) < 4.78 is 0. The molecule has 1 saturated heterocycles. The van der Waals surface area contributed by atoms with Gasteiger partial charge >= 0.3 is 0 Å². The minimum absolute atomic E-state index is 0.0204. The van der Waals surface area contributed by atoms with Crippen LogP contribution in [0.4, 0.5) is 0 Å². The summed E-state index contributed by atoms with van der Waals surface area (Å²) in [7, 11) is 0. The maximum absolute atomic E-state index is 13.1. The van der Waals surface area contributed by atoms with E-state index in [9.17, 15) is 9.59 Å². The van der Waals surface area contributed by atoms with Crippen molar-refractivity contribution in [2.75, 3.05) is 13.1 Å². The molecule has 1 atom stereocenters. The number of rotatable bonds is 5. The highest BCUT2D eigenvalue weighted by Gasteiger charge is 2.31. The van der Waals surface area contributed by atoms with E-state index >= 15 is 0 Å². The fourth-order valence-electron chi connectivity index (χ4n) is 3.79. The molecule has 3 rings (SSSR count). The lowest BCUT2D eigenvalue weighted by molar-refractivity contribution is -0.127. The summed E-state index contributed by atoms with van der Waals surface area (Å²) in [4.78, 5) is 32.7. The minimum Gasteiger partial charge on any atom is -0.354 e. The van der Waals surface area contributed by atoms with E-state index in [2.05, 4.69) is 41.5 Å². The Morgan fingerprint density at radius 3 is 2.31 bits per heavy atom. The van der Waals surface area contributed by atoms with E-state index in [0.29, 0.717) is 19.0 Å². The highest BCUT2D eigenvalue weighted by molar-refractivity contribution is 7.17. The van der Waals surface area contributed by atoms with Crippen molar-refractivity contribution in [3.8, 4) is 10.6 Å². The zero-order valence-electron chi connectivity index (χ0n) is 18.0. The average Bonchev–Trinajstić information content (AvgIpc) is 3.08. The maximum Gasteiger partial charge on any atom is 0.265 e. The van der Waals surface area contributed by atoms with Crippen molar-refractivity contribution in [3.63, 3.8) is 0 Å². The summed E-state index contributed by atoms with van der Waals surface area (Å²) >= 11 is 1.47. The van der Waals surface area contributed by atoms with Gasteiger partial charge in [0.1, 0.15) is 9.88 Å². The molecule has 0 radical (unpaired) electrons. The number of likely N-dealkylation sites (tertiary alicyclic amines) is 1. The standard InChI is InChI=1S/C23H31N3O2S/c1-14(2)24-21(27)16(4)18-10-12-26(13-11-18)23(28)20-17(5)25-22(29-20)19-8-6-15(3)7-9-19/h6-9,14,16,18H,10-13H2,1-5H3,(H,24,27)/t16-/m0/s1. The monoisotopic (exact) mass is 413 g/mol. The molecule has 1 aromatic carbocycles. The van der Waals surface area contributed by atoms with Crippen LogP contribution in [-0.4, -0.2) is 40.8 Å². The molecule has 29 heavy (non-hydrogen) atoms. The van der Waals surface area contributed by atoms with Crippen molar-refractivity contribution in [1.29, 1.82) is 0 Å². The molecule has 0 bridgehead atoms. The van der Waals surface area contributed by atoms with Crippen LogP contribution in [0.2, 0.25) is 0 Å². The minimum atomic E-state index is -0.0204. The van der Waals surface area contributed by atoms with E-state index in [1.807, 2.05) is 32.6 Å². The smallest absolute Gasteiger partial charge is 0.265 e. The van der Waals surface area contributed by atoms with Gasteiger partial charge in [0, 0.05) is 30.6 Å². The number of carbonyl (C=O) groups is 2. The number of aromatic nitrogens is 1. The highest BCUT2D eigenvalue weighted by atomic mass is 32.1. The second-order valence-corrected chi connectivity index (χ2v) is 9.38. The lowest BCUT2D eigenvalue weighted by atomic mass is 9.84. The lowest BCUT2D eigenvalue weighted by Crippen LogP contribution is -2.43. The number of hydrogen-bond donors (Lipinski definition) is 1. The fraction of sp³-hybridized carbons (Fsp3) is 0.522. The first-order chi connectivity index (χ1) is 13.8. The summed E-state index contributed by atoms with van der Waals surface area (Å²) in [5.74, 6) is 0.485. The number of piperidine rings is 1. The predicted octanol–water partition coefficient (Wildman–Crippen LogP) is 4.44. The van der Waals surface area contributed by atoms with Gasteiger partial charge in [-0.1, -0.05) is 36.8 Å². The van der Waals surface area contributed by atoms with E-state index in [-0.39, 0.29) is 23.8 Å². The molecule has 1 aliphatic heterocycles. The molecule has 1 N–H and O–H groups in total. The molecule has 0 unspecified atom stereocenters. The average molecular weight is 414 g/mol. The van der Waals surface area contributed by atoms with Gasteiger partial charge in [0.15, 0.2) is 0 Å². The summed E-state index contributed by atoms with van der Waals surface area (Å²) in [6.45, 7) is 11.3. The van der Waals surface area contributed by atoms with Gasteiger partial charge in [-0.15, -0.1) is 11.3 Å². The van der Waals surface area contributed by atoms with Gasteiger partial charge in [-0.25, -0.2) is 4.98 Å². The number of nitrogens with one attached hydrogen (secondary N) is 1. The van der Waals surface area contributed by atoms with Crippen molar-refractivity contribution in [2.45, 2.75) is 53.5 Å². The highest BCUT2D eigenvalue weighted by Crippen LogP contribution is 2.31. The number of amides is 2. The van der Waals surface area contributed by atoms with Crippen LogP contribution in [0.3, 0.4) is 0 Å². The molecule has 1 fully saturated rings. The molecule has 2 amide bonds. The van der Waals surface area contributed by atoms with Gasteiger partial charge in [-0.05, 0) is 46.5 Å². The maximum atomic E-state index is 13.1. The Balaban J connectivity index is 1.64. The second-order valence-electron chi connectivity index (χ2n) is 8.38. The number of carbonyl (C=O) groups excluding carboxylic acids is 2. The molecule has 1 aromatic heterocycles. The Morgan fingerprint density at radius 2 is 1.72 bits per heavy atom. The summed E-state index contributed by atoms with van der Waals surface area (Å²) in [5, 5.41) is 3.89. The number of nitrogens with zero attached hydrogens (tertiary/aromatic N) is 2. The van der Waals surface area contributed by atoms with E-state index in [1.165, 1.54) is 16.9 Å². The predicted molar refractivity (Wildman–Crippen MR) is 118 cm³/mol. The summed E-state index contributed by atoms with van der Waals surface area (Å²) in [6.07, 6.45) is 1.72. The topological polar surface area (TPSA) is 62.3 Å². The van der Waals surface area contributed by atoms with E-state index < -0.39 is 0 Å². The number of benzene rings is 1. The van der Waals surface area contributed by atoms with E-state index in [4.69, 9.17) is 0 Å². The molecule has 0 aliphatic carbocycles. The zero-order valence-corrected chi connectivity index (χ0v) is 18.8. The van der Waals surface area contributed by atoms with E-state index in [1.54, 1.807) is 0 Å². The van der Waals surface area contributed by atoms with Crippen molar-refractivity contribution in [1.82, 2.24) is 15.2 Å². The van der Waals surface area contributed by atoms with Crippen LogP contribution in [0.15, 0.2) is 24.3 Å². The molecular formula is C23H31N3O2S. The molecule has 0 saturated carbocycles. The Bertz CT molecular complexity index is 865. The number of hydrogen-bond acceptors (Lipinski definition) is 4. The van der Waals surface area contributed by atoms with Gasteiger partial charge in [0.2, 0.25) is 5.91 Å². The van der Waals surface area contributed by atoms with Crippen LogP contribution in [0.25, 0.3) is 10.6 Å². The first-order valence-corrected chi connectivity index (χ1v) is 11.2. The molecule has 0 spiro atoms. The van der Waals surface area contributed by atoms with Gasteiger partial charge in [0.05, 0.1) is 5.69 Å². The summed E-state index contributed by atoms with van der Waals surface area (Å²) in [5.41, 5.74) is 3.05. The second kappa shape index (κ2) is 9.08. The van der Waals surface area contributed by atoms with Gasteiger partial charge in [-0.2, -0.15) is 0 Å². The normalized spacial score (nSPS) is 16.1. The van der Waals surface area contributed by atoms with Gasteiger partial charge in [-0.3, -0.25) is 9.59 Å². The van der Waals surface area contributed by atoms with Crippen LogP contribution in [-0.2, 0) is 4.79 Å². The molecule has 5 nitrogen and oxygen atoms in total. The summed E-state index contributed by atoms with van der Waals surface area (Å²) in [6, 6.07) is 8.39. The molecule has 156 valence electrons. The molecular weight excluding hydrogens is 382 g/mol. The van der Waals surface area contributed by atoms with Crippen LogP contribution in [0.5, 0.6) is 0 Å². The SMILES string of the molecule is Cc1ccc(-c2nc(C)c(C(=O)N3CCC([C@H](C)C(=O)NC(C)C)CC3)s2)cc1. The zero-order chi connectivity index (χ0) is 21.1. The van der Waals surface area contributed by atoms with Crippen LogP contribution in [0, 0.1) is 25.7 Å². The molecule has 1 aliphatic rings.